The summed E-state index contributed by atoms with van der Waals surface area (Å²) >= 11 is 0. The fourth-order valence-electron chi connectivity index (χ4n) is 15.7. The van der Waals surface area contributed by atoms with Crippen LogP contribution in [-0.2, 0) is 37.9 Å². The summed E-state index contributed by atoms with van der Waals surface area (Å²) in [4.78, 5) is 5.56. The van der Waals surface area contributed by atoms with E-state index < -0.39 is 0 Å². The van der Waals surface area contributed by atoms with E-state index in [1.807, 2.05) is 0 Å². The molecule has 14 rings (SSSR count). The average molecular weight is 971 g/mol. The molecule has 0 fully saturated rings. The van der Waals surface area contributed by atoms with E-state index in [9.17, 15) is 0 Å². The smallest absolute Gasteiger partial charge is 0.333 e. The molecule has 8 aromatic rings. The highest BCUT2D eigenvalue weighted by molar-refractivity contribution is 6.94. The number of para-hydroxylation sites is 1. The number of fused-ring (bicyclic) bond motifs is 14. The Balaban J connectivity index is 1.18. The summed E-state index contributed by atoms with van der Waals surface area (Å²) in [5.74, 6) is 0. The van der Waals surface area contributed by atoms with Crippen molar-refractivity contribution in [3.05, 3.63) is 159 Å². The summed E-state index contributed by atoms with van der Waals surface area (Å²) in [5.41, 5.74) is 29.5. The third-order valence-electron chi connectivity index (χ3n) is 20.7. The third kappa shape index (κ3) is 6.09. The second-order valence-corrected chi connectivity index (χ2v) is 28.5. The van der Waals surface area contributed by atoms with E-state index in [1.165, 1.54) is 142 Å². The van der Waals surface area contributed by atoms with Gasteiger partial charge in [-0.05, 0) is 198 Å². The zero-order valence-corrected chi connectivity index (χ0v) is 47.0. The maximum atomic E-state index is 7.20. The molecule has 3 nitrogen and oxygen atoms in total. The summed E-state index contributed by atoms with van der Waals surface area (Å²) in [5, 5.41) is 2.41. The number of hydrogen-bond acceptors (Lipinski definition) is 3. The minimum Gasteiger partial charge on any atom is -0.456 e. The SMILES string of the molecule is Cc1cc2c(cc1N1c3cc4c(cc3B3c5c1cc1oc6ccccc6c1c5-c1cc5c(cc1N3c1ccc3c(c1)C(C)(C)CCC3(C)C)C(C)(C)CCC5(C)C)-c1ccccc1C4(C)C)C(C)(C)CCC2(C)C. The Morgan fingerprint density at radius 2 is 0.959 bits per heavy atom. The summed E-state index contributed by atoms with van der Waals surface area (Å²) in [6, 6.07) is 44.0. The van der Waals surface area contributed by atoms with Crippen LogP contribution >= 0.6 is 0 Å². The van der Waals surface area contributed by atoms with Crippen LogP contribution in [0.3, 0.4) is 0 Å². The normalized spacial score (nSPS) is 21.0. The van der Waals surface area contributed by atoms with Gasteiger partial charge in [-0.1, -0.05) is 158 Å². The maximum Gasteiger partial charge on any atom is 0.333 e. The minimum atomic E-state index is -0.190. The molecule has 1 aromatic heterocycles. The van der Waals surface area contributed by atoms with Gasteiger partial charge in [0, 0.05) is 56.3 Å². The van der Waals surface area contributed by atoms with Gasteiger partial charge >= 0.3 is 6.85 Å². The van der Waals surface area contributed by atoms with Gasteiger partial charge in [0.2, 0.25) is 0 Å². The van der Waals surface area contributed by atoms with Gasteiger partial charge in [0.05, 0.1) is 0 Å². The van der Waals surface area contributed by atoms with Crippen LogP contribution in [-0.4, -0.2) is 6.85 Å². The molecule has 3 heterocycles. The number of rotatable bonds is 2. The first kappa shape index (κ1) is 46.5. The molecule has 4 heteroatoms. The van der Waals surface area contributed by atoms with Crippen molar-refractivity contribution in [1.29, 1.82) is 0 Å². The molecule has 374 valence electrons. The minimum absolute atomic E-state index is 0.00954. The summed E-state index contributed by atoms with van der Waals surface area (Å²) in [7, 11) is 0. The first-order valence-corrected chi connectivity index (χ1v) is 28.2. The van der Waals surface area contributed by atoms with Crippen LogP contribution in [0.25, 0.3) is 44.2 Å². The van der Waals surface area contributed by atoms with Crippen LogP contribution in [0.15, 0.2) is 114 Å². The lowest BCUT2D eigenvalue weighted by Gasteiger charge is -2.49. The average Bonchev–Trinajstić information content (AvgIpc) is 3.85. The van der Waals surface area contributed by atoms with E-state index >= 15 is 0 Å². The van der Waals surface area contributed by atoms with Crippen LogP contribution in [0.2, 0.25) is 0 Å². The Labute approximate surface area is 441 Å². The van der Waals surface area contributed by atoms with Crippen LogP contribution in [0, 0.1) is 6.92 Å². The molecule has 2 aliphatic heterocycles. The van der Waals surface area contributed by atoms with Gasteiger partial charge in [0.1, 0.15) is 11.2 Å². The second kappa shape index (κ2) is 14.5. The fraction of sp³-hybridized carbons (Fsp3) is 0.400. The zero-order chi connectivity index (χ0) is 51.8. The Hall–Kier alpha value is -6.00. The zero-order valence-electron chi connectivity index (χ0n) is 47.0. The third-order valence-corrected chi connectivity index (χ3v) is 20.7. The van der Waals surface area contributed by atoms with Crippen molar-refractivity contribution in [2.24, 2.45) is 0 Å². The van der Waals surface area contributed by atoms with E-state index in [0.29, 0.717) is 0 Å². The highest BCUT2D eigenvalue weighted by Crippen LogP contribution is 2.59. The summed E-state index contributed by atoms with van der Waals surface area (Å²) < 4.78 is 7.20. The molecule has 0 amide bonds. The number of benzene rings is 7. The molecule has 0 N–H and O–H groups in total. The molecule has 7 aromatic carbocycles. The largest absolute Gasteiger partial charge is 0.456 e. The van der Waals surface area contributed by atoms with Gasteiger partial charge in [-0.3, -0.25) is 0 Å². The van der Waals surface area contributed by atoms with E-state index in [-0.39, 0.29) is 44.8 Å². The maximum absolute atomic E-state index is 7.20. The van der Waals surface area contributed by atoms with Crippen LogP contribution < -0.4 is 20.6 Å². The number of hydrogen-bond donors (Lipinski definition) is 0. The Morgan fingerprint density at radius 3 is 1.62 bits per heavy atom. The highest BCUT2D eigenvalue weighted by atomic mass is 16.3. The lowest BCUT2D eigenvalue weighted by atomic mass is 9.42. The Kier molecular flexibility index (Phi) is 9.10. The predicted octanol–water partition coefficient (Wildman–Crippen LogP) is 18.0. The van der Waals surface area contributed by atoms with Crippen molar-refractivity contribution in [3.8, 4) is 22.3 Å². The lowest BCUT2D eigenvalue weighted by molar-refractivity contribution is 0.332. The van der Waals surface area contributed by atoms with Crippen molar-refractivity contribution >= 4 is 68.1 Å². The molecule has 74 heavy (non-hydrogen) atoms. The highest BCUT2D eigenvalue weighted by Gasteiger charge is 2.51. The number of aryl methyl sites for hydroxylation is 1. The number of furan rings is 1. The second-order valence-electron chi connectivity index (χ2n) is 28.5. The molecule has 0 atom stereocenters. The van der Waals surface area contributed by atoms with Gasteiger partial charge in [-0.25, -0.2) is 0 Å². The summed E-state index contributed by atoms with van der Waals surface area (Å²) in [6.07, 6.45) is 7.00. The quantitative estimate of drug-likeness (QED) is 0.161. The molecule has 0 bridgehead atoms. The molecule has 0 saturated carbocycles. The lowest BCUT2D eigenvalue weighted by Crippen LogP contribution is -2.62. The van der Waals surface area contributed by atoms with E-state index in [0.717, 1.165) is 30.4 Å². The van der Waals surface area contributed by atoms with Gasteiger partial charge < -0.3 is 14.1 Å². The molecular formula is C70H75BN2O. The van der Waals surface area contributed by atoms with E-state index in [2.05, 4.69) is 223 Å². The molecule has 0 radical (unpaired) electrons. The standard InChI is InChI=1S/C70H75BN2O/c1-40-32-49-52(68(10,11)30-28-65(49,4)5)37-55(40)72-57-36-48-44(42-20-16-18-22-46(42)70(48,14)15)35-54(57)71-63-58(72)39-60-61(43-21-17-19-23-59(43)74-60)62(63)45-34-51-53(69(12,13)31-29-67(51,8)9)38-56(45)73(71)41-24-25-47-50(33-41)66(6,7)27-26-64(47,2)3/h16-25,32-39H,26-31H2,1-15H3. The van der Waals surface area contributed by atoms with Crippen molar-refractivity contribution in [1.82, 2.24) is 0 Å². The van der Waals surface area contributed by atoms with Crippen molar-refractivity contribution in [3.63, 3.8) is 0 Å². The van der Waals surface area contributed by atoms with Gasteiger partial charge in [0.15, 0.2) is 0 Å². The fourth-order valence-corrected chi connectivity index (χ4v) is 15.7. The van der Waals surface area contributed by atoms with Crippen molar-refractivity contribution in [2.45, 2.75) is 180 Å². The van der Waals surface area contributed by atoms with Crippen LogP contribution in [0.1, 0.15) is 186 Å². The van der Waals surface area contributed by atoms with E-state index in [4.69, 9.17) is 4.42 Å². The first-order valence-electron chi connectivity index (χ1n) is 28.2. The first-order chi connectivity index (χ1) is 34.8. The molecule has 4 aliphatic carbocycles. The topological polar surface area (TPSA) is 19.6 Å². The van der Waals surface area contributed by atoms with Crippen molar-refractivity contribution < 1.29 is 4.42 Å². The molecule has 0 unspecified atom stereocenters. The van der Waals surface area contributed by atoms with Gasteiger partial charge in [-0.2, -0.15) is 0 Å². The van der Waals surface area contributed by atoms with Gasteiger partial charge in [0.25, 0.3) is 0 Å². The Morgan fingerprint density at radius 1 is 0.419 bits per heavy atom. The number of nitrogens with zero attached hydrogens (tertiary/aromatic N) is 2. The summed E-state index contributed by atoms with van der Waals surface area (Å²) in [6.45, 7) is 36.9. The molecule has 0 spiro atoms. The molecule has 6 aliphatic rings. The van der Waals surface area contributed by atoms with Crippen LogP contribution in [0.5, 0.6) is 0 Å². The predicted molar refractivity (Wildman–Crippen MR) is 316 cm³/mol. The monoisotopic (exact) mass is 971 g/mol. The van der Waals surface area contributed by atoms with Crippen molar-refractivity contribution in [2.75, 3.05) is 9.71 Å². The van der Waals surface area contributed by atoms with Crippen LogP contribution in [0.4, 0.5) is 28.4 Å². The molecular weight excluding hydrogens is 896 g/mol. The van der Waals surface area contributed by atoms with E-state index in [1.54, 1.807) is 0 Å². The number of anilines is 5. The molecule has 0 saturated heterocycles. The Bertz CT molecular complexity index is 3810. The van der Waals surface area contributed by atoms with Gasteiger partial charge in [-0.15, -0.1) is 0 Å².